The Morgan fingerprint density at radius 3 is 1.33 bits per heavy atom. The van der Waals surface area contributed by atoms with Crippen molar-refractivity contribution < 1.29 is 75.0 Å². The van der Waals surface area contributed by atoms with Crippen molar-refractivity contribution in [1.82, 2.24) is 0 Å². The first-order chi connectivity index (χ1) is 4.61. The summed E-state index contributed by atoms with van der Waals surface area (Å²) < 4.78 is 0. The molecule has 0 N–H and O–H groups in total. The Kier molecular flexibility index (Phi) is 8.36. The van der Waals surface area contributed by atoms with Gasteiger partial charge in [-0.05, 0) is 11.6 Å². The second-order valence-corrected chi connectivity index (χ2v) is 2.16. The average molecular weight is 312 g/mol. The van der Waals surface area contributed by atoms with Gasteiger partial charge < -0.3 is 9.59 Å². The van der Waals surface area contributed by atoms with Crippen LogP contribution < -0.4 is 0 Å². The summed E-state index contributed by atoms with van der Waals surface area (Å²) in [6.45, 7) is 3.11. The van der Waals surface area contributed by atoms with Gasteiger partial charge in [-0.2, -0.15) is 0 Å². The molecule has 2 radical (unpaired) electrons. The Morgan fingerprint density at radius 1 is 0.833 bits per heavy atom. The summed E-state index contributed by atoms with van der Waals surface area (Å²) in [4.78, 5) is 21.5. The molecule has 1 rings (SSSR count). The van der Waals surface area contributed by atoms with Crippen LogP contribution in [0.1, 0.15) is 13.8 Å². The van der Waals surface area contributed by atoms with E-state index >= 15 is 0 Å². The first kappa shape index (κ1) is 15.5. The first-order valence-corrected chi connectivity index (χ1v) is 2.91. The van der Waals surface area contributed by atoms with Gasteiger partial charge in [-0.3, -0.25) is 12.2 Å². The summed E-state index contributed by atoms with van der Waals surface area (Å²) >= 11 is 0. The van der Waals surface area contributed by atoms with E-state index in [9.17, 15) is 9.59 Å². The van der Waals surface area contributed by atoms with Gasteiger partial charge >= 0.3 is 0 Å². The number of Topliss-reactive ketones (excluding diaryl/α,β-unsaturated/α-hetero) is 2. The smallest absolute Gasteiger partial charge is 0 e. The molecule has 0 saturated carbocycles. The van der Waals surface area contributed by atoms with Gasteiger partial charge in [0.25, 0.3) is 0 Å². The van der Waals surface area contributed by atoms with Gasteiger partial charge in [0.05, 0.1) is 0 Å². The van der Waals surface area contributed by atoms with Crippen LogP contribution in [0.4, 0.5) is 0 Å². The molecule has 2 nitrogen and oxygen atoms in total. The fourth-order valence-electron chi connectivity index (χ4n) is 0.642. The molecule has 1 aliphatic rings. The molecule has 58 valence electrons. The van der Waals surface area contributed by atoms with Crippen molar-refractivity contribution >= 4 is 11.6 Å². The van der Waals surface area contributed by atoms with Gasteiger partial charge in [0.2, 0.25) is 0 Å². The molecular weight excluding hydrogens is 306 g/mol. The van der Waals surface area contributed by atoms with Crippen LogP contribution in [-0.2, 0) is 75.0 Å². The van der Waals surface area contributed by atoms with Crippen molar-refractivity contribution in [3.63, 3.8) is 0 Å². The predicted octanol–water partition coefficient (Wildman–Crippen LogP) is 0.632. The van der Waals surface area contributed by atoms with E-state index in [1.807, 2.05) is 0 Å². The summed E-state index contributed by atoms with van der Waals surface area (Å²) in [7, 11) is 0. The van der Waals surface area contributed by atoms with E-state index in [0.717, 1.165) is 0 Å². The van der Waals surface area contributed by atoms with Crippen LogP contribution in [0.25, 0.3) is 0 Å². The van der Waals surface area contributed by atoms with E-state index < -0.39 is 0 Å². The zero-order valence-corrected chi connectivity index (χ0v) is 12.6. The van der Waals surface area contributed by atoms with Crippen molar-refractivity contribution in [1.29, 1.82) is 0 Å². The minimum atomic E-state index is -0.239. The number of hydrogen-bond acceptors (Lipinski definition) is 2. The van der Waals surface area contributed by atoms with Gasteiger partial charge in [-0.15, -0.1) is 13.8 Å². The summed E-state index contributed by atoms with van der Waals surface area (Å²) in [5, 5.41) is 0. The number of hydrogen-bond donors (Lipinski definition) is 0. The number of ketones is 2. The number of allylic oxidation sites excluding steroid dienone is 4. The standard InChI is InChI=1S/C8H6O2.2Y/c1-5-3-8(10)6(2)4-7(5)9;;/h1-2H3;;/q-2;;. The molecule has 0 bridgehead atoms. The maximum absolute atomic E-state index is 10.8. The van der Waals surface area contributed by atoms with Crippen molar-refractivity contribution in [2.45, 2.75) is 13.8 Å². The molecule has 1 aliphatic carbocycles. The van der Waals surface area contributed by atoms with E-state index in [4.69, 9.17) is 0 Å². The Labute approximate surface area is 122 Å². The van der Waals surface area contributed by atoms with Gasteiger partial charge in [-0.25, -0.2) is 11.1 Å². The summed E-state index contributed by atoms with van der Waals surface area (Å²) in [5.74, 6) is -0.478. The van der Waals surface area contributed by atoms with Crippen LogP contribution in [0.3, 0.4) is 0 Å². The maximum Gasteiger partial charge on any atom is 0 e. The van der Waals surface area contributed by atoms with Crippen LogP contribution in [0.15, 0.2) is 11.1 Å². The van der Waals surface area contributed by atoms with Gasteiger partial charge in [0, 0.05) is 65.4 Å². The predicted molar refractivity (Wildman–Crippen MR) is 34.9 cm³/mol. The molecule has 0 atom stereocenters. The normalized spacial score (nSPS) is 15.5. The van der Waals surface area contributed by atoms with Crippen molar-refractivity contribution in [3.05, 3.63) is 23.3 Å². The Balaban J connectivity index is 0. The number of carbonyl (C=O) groups excluding carboxylic acids is 2. The number of carbonyl (C=O) groups is 2. The molecule has 0 aromatic rings. The molecule has 0 spiro atoms. The van der Waals surface area contributed by atoms with E-state index in [-0.39, 0.29) is 77.0 Å². The molecule has 0 saturated heterocycles. The Bertz CT molecular complexity index is 236. The molecule has 0 fully saturated rings. The second kappa shape index (κ2) is 6.48. The van der Waals surface area contributed by atoms with Crippen molar-refractivity contribution in [2.75, 3.05) is 0 Å². The van der Waals surface area contributed by atoms with E-state index in [1.165, 1.54) is 0 Å². The molecule has 0 aromatic carbocycles. The molecular formula is C8H6O2Y2-2. The molecule has 0 heterocycles. The second-order valence-electron chi connectivity index (χ2n) is 2.16. The van der Waals surface area contributed by atoms with Crippen LogP contribution in [0.5, 0.6) is 0 Å². The topological polar surface area (TPSA) is 34.1 Å². The third kappa shape index (κ3) is 3.82. The summed E-state index contributed by atoms with van der Waals surface area (Å²) in [5.41, 5.74) is 0.686. The fraction of sp³-hybridized carbons (Fsp3) is 0.250. The average Bonchev–Trinajstić information content (AvgIpc) is 1.84. The molecule has 0 aromatic heterocycles. The van der Waals surface area contributed by atoms with E-state index in [1.54, 1.807) is 13.8 Å². The zero-order valence-electron chi connectivity index (χ0n) is 6.97. The molecule has 0 aliphatic heterocycles. The van der Waals surface area contributed by atoms with Gasteiger partial charge in [0.15, 0.2) is 0 Å². The van der Waals surface area contributed by atoms with E-state index in [0.29, 0.717) is 11.1 Å². The van der Waals surface area contributed by atoms with Gasteiger partial charge in [0.1, 0.15) is 0 Å². The van der Waals surface area contributed by atoms with E-state index in [2.05, 4.69) is 12.2 Å². The largest absolute Gasteiger partial charge is 0.395 e. The van der Waals surface area contributed by atoms with Crippen molar-refractivity contribution in [2.24, 2.45) is 0 Å². The third-order valence-electron chi connectivity index (χ3n) is 1.28. The maximum atomic E-state index is 10.8. The minimum Gasteiger partial charge on any atom is -0.395 e. The third-order valence-corrected chi connectivity index (χ3v) is 1.28. The Hall–Kier alpha value is 1.03. The molecule has 0 unspecified atom stereocenters. The first-order valence-electron chi connectivity index (χ1n) is 2.91. The monoisotopic (exact) mass is 312 g/mol. The summed E-state index contributed by atoms with van der Waals surface area (Å²) in [6, 6.07) is 0. The van der Waals surface area contributed by atoms with Crippen LogP contribution in [0.2, 0.25) is 0 Å². The van der Waals surface area contributed by atoms with Crippen LogP contribution >= 0.6 is 0 Å². The molecule has 4 heteroatoms. The SMILES string of the molecule is CC1=[C-]C(=O)C(C)=[C-]C1=O.[Y].[Y]. The Morgan fingerprint density at radius 2 is 1.08 bits per heavy atom. The van der Waals surface area contributed by atoms with Gasteiger partial charge in [-0.1, -0.05) is 0 Å². The van der Waals surface area contributed by atoms with Crippen molar-refractivity contribution in [3.8, 4) is 0 Å². The number of rotatable bonds is 0. The fourth-order valence-corrected chi connectivity index (χ4v) is 0.642. The zero-order chi connectivity index (χ0) is 7.72. The van der Waals surface area contributed by atoms with Crippen LogP contribution in [-0.4, -0.2) is 11.6 Å². The molecule has 12 heavy (non-hydrogen) atoms. The summed E-state index contributed by atoms with van der Waals surface area (Å²) in [6.07, 6.45) is 4.81. The quantitative estimate of drug-likeness (QED) is 0.486. The van der Waals surface area contributed by atoms with Crippen LogP contribution in [0, 0.1) is 12.2 Å². The minimum absolute atomic E-state index is 0. The molecule has 0 amide bonds.